The number of nitrogens with zero attached hydrogens (tertiary/aromatic N) is 2. The summed E-state index contributed by atoms with van der Waals surface area (Å²) < 4.78 is 0. The molecule has 0 aromatic heterocycles. The molecule has 0 aromatic carbocycles. The fourth-order valence-electron chi connectivity index (χ4n) is 3.66. The van der Waals surface area contributed by atoms with Gasteiger partial charge in [-0.25, -0.2) is 0 Å². The highest BCUT2D eigenvalue weighted by Gasteiger charge is 2.29. The summed E-state index contributed by atoms with van der Waals surface area (Å²) in [5.41, 5.74) is 0. The number of hydrogen-bond donors (Lipinski definition) is 1. The molecule has 1 atom stereocenters. The van der Waals surface area contributed by atoms with Crippen LogP contribution >= 0.6 is 0 Å². The Morgan fingerprint density at radius 1 is 1.09 bits per heavy atom. The molecule has 126 valence electrons. The van der Waals surface area contributed by atoms with E-state index < -0.39 is 0 Å². The molecule has 2 heterocycles. The normalized spacial score (nSPS) is 24.1. The largest absolute Gasteiger partial charge is 0.355 e. The second-order valence-electron chi connectivity index (χ2n) is 6.70. The minimum atomic E-state index is 0.0728. The summed E-state index contributed by atoms with van der Waals surface area (Å²) in [6.45, 7) is 10.2. The fourth-order valence-corrected chi connectivity index (χ4v) is 3.66. The first-order valence-electron chi connectivity index (χ1n) is 9.16. The molecule has 2 saturated heterocycles. The molecule has 4 heteroatoms. The zero-order valence-electron chi connectivity index (χ0n) is 14.1. The van der Waals surface area contributed by atoms with E-state index in [9.17, 15) is 4.79 Å². The third kappa shape index (κ3) is 5.73. The lowest BCUT2D eigenvalue weighted by Gasteiger charge is -2.22. The van der Waals surface area contributed by atoms with Crippen molar-refractivity contribution >= 4 is 5.91 Å². The Morgan fingerprint density at radius 3 is 2.59 bits per heavy atom. The number of hydrogen-bond acceptors (Lipinski definition) is 3. The summed E-state index contributed by atoms with van der Waals surface area (Å²) in [6.07, 6.45) is 11.8. The average molecular weight is 307 g/mol. The van der Waals surface area contributed by atoms with Crippen LogP contribution < -0.4 is 5.32 Å². The van der Waals surface area contributed by atoms with Gasteiger partial charge in [0.1, 0.15) is 0 Å². The van der Waals surface area contributed by atoms with E-state index in [1.165, 1.54) is 51.7 Å². The van der Waals surface area contributed by atoms with Gasteiger partial charge in [0.15, 0.2) is 0 Å². The topological polar surface area (TPSA) is 35.6 Å². The lowest BCUT2D eigenvalue weighted by Crippen LogP contribution is -2.43. The number of amides is 1. The van der Waals surface area contributed by atoms with Crippen LogP contribution in [0.15, 0.2) is 12.7 Å². The van der Waals surface area contributed by atoms with Gasteiger partial charge in [-0.15, -0.1) is 6.58 Å². The molecule has 1 N–H and O–H groups in total. The summed E-state index contributed by atoms with van der Waals surface area (Å²) in [6, 6.07) is 0.0728. The van der Waals surface area contributed by atoms with E-state index in [1.807, 2.05) is 6.08 Å². The van der Waals surface area contributed by atoms with Crippen LogP contribution in [0.2, 0.25) is 0 Å². The number of carbonyl (C=O) groups excluding carboxylic acids is 1. The summed E-state index contributed by atoms with van der Waals surface area (Å²) in [4.78, 5) is 17.1. The Hall–Kier alpha value is -0.870. The Kier molecular flexibility index (Phi) is 7.95. The molecule has 0 spiro atoms. The molecular formula is C18H33N3O. The summed E-state index contributed by atoms with van der Waals surface area (Å²) in [7, 11) is 0. The van der Waals surface area contributed by atoms with E-state index in [0.717, 1.165) is 38.9 Å². The van der Waals surface area contributed by atoms with E-state index in [2.05, 4.69) is 21.7 Å². The second kappa shape index (κ2) is 10.0. The predicted molar refractivity (Wildman–Crippen MR) is 91.9 cm³/mol. The van der Waals surface area contributed by atoms with Crippen LogP contribution in [0.1, 0.15) is 51.4 Å². The molecule has 0 aliphatic carbocycles. The van der Waals surface area contributed by atoms with Gasteiger partial charge >= 0.3 is 0 Å². The number of carbonyl (C=O) groups is 1. The maximum Gasteiger partial charge on any atom is 0.237 e. The Balaban J connectivity index is 1.55. The molecular weight excluding hydrogens is 274 g/mol. The highest BCUT2D eigenvalue weighted by Crippen LogP contribution is 2.16. The first-order chi connectivity index (χ1) is 10.8. The van der Waals surface area contributed by atoms with Gasteiger partial charge in [-0.05, 0) is 64.7 Å². The predicted octanol–water partition coefficient (Wildman–Crippen LogP) is 2.41. The highest BCUT2D eigenvalue weighted by atomic mass is 16.2. The van der Waals surface area contributed by atoms with Crippen LogP contribution in [0.3, 0.4) is 0 Å². The van der Waals surface area contributed by atoms with Crippen LogP contribution in [-0.4, -0.2) is 61.0 Å². The van der Waals surface area contributed by atoms with Crippen molar-refractivity contribution in [3.05, 3.63) is 12.7 Å². The van der Waals surface area contributed by atoms with Crippen molar-refractivity contribution in [3.63, 3.8) is 0 Å². The van der Waals surface area contributed by atoms with Crippen molar-refractivity contribution in [1.29, 1.82) is 0 Å². The summed E-state index contributed by atoms with van der Waals surface area (Å²) >= 11 is 0. The Labute approximate surface area is 135 Å². The number of nitrogens with one attached hydrogen (secondary N) is 1. The molecule has 2 rings (SSSR count). The molecule has 2 fully saturated rings. The molecule has 2 aliphatic heterocycles. The van der Waals surface area contributed by atoms with E-state index in [1.54, 1.807) is 0 Å². The molecule has 0 saturated carbocycles. The standard InChI is InChI=1S/C18H33N3O/c1-2-12-21-16-9-10-17(21)18(22)19-11-5-8-15-20-13-6-3-4-7-14-20/h2,17H,1,3-16H2,(H,19,22)/t17-/m0/s1. The number of likely N-dealkylation sites (tertiary alicyclic amines) is 2. The van der Waals surface area contributed by atoms with E-state index in [-0.39, 0.29) is 11.9 Å². The van der Waals surface area contributed by atoms with Crippen molar-refractivity contribution in [3.8, 4) is 0 Å². The van der Waals surface area contributed by atoms with Crippen molar-refractivity contribution < 1.29 is 4.79 Å². The molecule has 2 aliphatic rings. The van der Waals surface area contributed by atoms with Crippen LogP contribution in [-0.2, 0) is 4.79 Å². The monoisotopic (exact) mass is 307 g/mol. The molecule has 22 heavy (non-hydrogen) atoms. The van der Waals surface area contributed by atoms with Gasteiger partial charge in [-0.3, -0.25) is 9.69 Å². The molecule has 0 aromatic rings. The minimum Gasteiger partial charge on any atom is -0.355 e. The number of rotatable bonds is 8. The molecule has 0 bridgehead atoms. The van der Waals surface area contributed by atoms with E-state index in [0.29, 0.717) is 0 Å². The highest BCUT2D eigenvalue weighted by molar-refractivity contribution is 5.82. The maximum absolute atomic E-state index is 12.2. The third-order valence-electron chi connectivity index (χ3n) is 4.93. The quantitative estimate of drug-likeness (QED) is 0.552. The van der Waals surface area contributed by atoms with Crippen molar-refractivity contribution in [2.45, 2.75) is 57.4 Å². The lowest BCUT2D eigenvalue weighted by atomic mass is 10.2. The lowest BCUT2D eigenvalue weighted by molar-refractivity contribution is -0.125. The fraction of sp³-hybridized carbons (Fsp3) is 0.833. The maximum atomic E-state index is 12.2. The molecule has 1 amide bonds. The van der Waals surface area contributed by atoms with Crippen molar-refractivity contribution in [2.24, 2.45) is 0 Å². The van der Waals surface area contributed by atoms with Gasteiger partial charge < -0.3 is 10.2 Å². The van der Waals surface area contributed by atoms with Crippen molar-refractivity contribution in [2.75, 3.05) is 39.3 Å². The van der Waals surface area contributed by atoms with Gasteiger partial charge in [0.2, 0.25) is 5.91 Å². The average Bonchev–Trinajstić information content (AvgIpc) is 2.82. The molecule has 0 radical (unpaired) electrons. The first-order valence-corrected chi connectivity index (χ1v) is 9.16. The van der Waals surface area contributed by atoms with Crippen LogP contribution in [0, 0.1) is 0 Å². The van der Waals surface area contributed by atoms with Gasteiger partial charge in [0, 0.05) is 13.1 Å². The Bertz CT molecular complexity index is 337. The van der Waals surface area contributed by atoms with E-state index >= 15 is 0 Å². The third-order valence-corrected chi connectivity index (χ3v) is 4.93. The first kappa shape index (κ1) is 17.5. The van der Waals surface area contributed by atoms with E-state index in [4.69, 9.17) is 0 Å². The molecule has 0 unspecified atom stereocenters. The summed E-state index contributed by atoms with van der Waals surface area (Å²) in [5.74, 6) is 0.217. The van der Waals surface area contributed by atoms with Gasteiger partial charge in [0.25, 0.3) is 0 Å². The van der Waals surface area contributed by atoms with Gasteiger partial charge in [-0.1, -0.05) is 18.9 Å². The van der Waals surface area contributed by atoms with Crippen LogP contribution in [0.5, 0.6) is 0 Å². The smallest absolute Gasteiger partial charge is 0.237 e. The zero-order chi connectivity index (χ0) is 15.6. The van der Waals surface area contributed by atoms with Crippen LogP contribution in [0.4, 0.5) is 0 Å². The van der Waals surface area contributed by atoms with Gasteiger partial charge in [0.05, 0.1) is 6.04 Å². The zero-order valence-corrected chi connectivity index (χ0v) is 14.1. The Morgan fingerprint density at radius 2 is 1.86 bits per heavy atom. The van der Waals surface area contributed by atoms with Gasteiger partial charge in [-0.2, -0.15) is 0 Å². The second-order valence-corrected chi connectivity index (χ2v) is 6.70. The molecule has 4 nitrogen and oxygen atoms in total. The SMILES string of the molecule is C=CCN1CCC[C@H]1C(=O)NCCCCN1CCCCCC1. The van der Waals surface area contributed by atoms with Crippen molar-refractivity contribution in [1.82, 2.24) is 15.1 Å². The van der Waals surface area contributed by atoms with Crippen LogP contribution in [0.25, 0.3) is 0 Å². The minimum absolute atomic E-state index is 0.0728. The summed E-state index contributed by atoms with van der Waals surface area (Å²) in [5, 5.41) is 3.13. The number of unbranched alkanes of at least 4 members (excludes halogenated alkanes) is 1.